The van der Waals surface area contributed by atoms with E-state index in [4.69, 9.17) is 11.6 Å². The van der Waals surface area contributed by atoms with Crippen LogP contribution in [0, 0.1) is 5.41 Å². The lowest BCUT2D eigenvalue weighted by atomic mass is 9.93. The van der Waals surface area contributed by atoms with E-state index in [1.54, 1.807) is 10.9 Å². The van der Waals surface area contributed by atoms with E-state index in [1.807, 2.05) is 7.05 Å². The van der Waals surface area contributed by atoms with Gasteiger partial charge in [0.2, 0.25) is 0 Å². The third kappa shape index (κ3) is 2.44. The van der Waals surface area contributed by atoms with Crippen LogP contribution >= 0.6 is 11.6 Å². The van der Waals surface area contributed by atoms with Gasteiger partial charge in [0.25, 0.3) is 0 Å². The minimum Gasteiger partial charge on any atom is -0.295 e. The fourth-order valence-corrected chi connectivity index (χ4v) is 2.89. The van der Waals surface area contributed by atoms with Crippen molar-refractivity contribution in [1.29, 1.82) is 0 Å². The van der Waals surface area contributed by atoms with Crippen LogP contribution in [-0.4, -0.2) is 37.7 Å². The molecule has 0 saturated carbocycles. The number of halogens is 1. The molecule has 1 aliphatic heterocycles. The summed E-state index contributed by atoms with van der Waals surface area (Å²) in [5, 5.41) is 5.48. The summed E-state index contributed by atoms with van der Waals surface area (Å²) in [6.45, 7) is 7.52. The molecule has 2 aromatic rings. The van der Waals surface area contributed by atoms with Crippen LogP contribution in [-0.2, 0) is 13.6 Å². The summed E-state index contributed by atoms with van der Waals surface area (Å²) in [4.78, 5) is 11.3. The highest BCUT2D eigenvalue weighted by Crippen LogP contribution is 2.29. The van der Waals surface area contributed by atoms with Gasteiger partial charge in [0.05, 0.1) is 18.1 Å². The smallest absolute Gasteiger partial charge is 0.162 e. The maximum Gasteiger partial charge on any atom is 0.162 e. The van der Waals surface area contributed by atoms with Crippen LogP contribution in [0.15, 0.2) is 6.20 Å². The molecule has 2 aromatic heterocycles. The summed E-state index contributed by atoms with van der Waals surface area (Å²) in [6.07, 6.45) is 2.93. The molecule has 6 heteroatoms. The third-order valence-corrected chi connectivity index (χ3v) is 4.00. The second kappa shape index (κ2) is 4.42. The summed E-state index contributed by atoms with van der Waals surface area (Å²) < 4.78 is 1.74. The first kappa shape index (κ1) is 12.8. The first-order valence-corrected chi connectivity index (χ1v) is 6.89. The first-order chi connectivity index (χ1) is 8.94. The van der Waals surface area contributed by atoms with Gasteiger partial charge in [-0.2, -0.15) is 5.10 Å². The molecule has 3 heterocycles. The Bertz CT molecular complexity index is 619. The molecule has 0 atom stereocenters. The van der Waals surface area contributed by atoms with Gasteiger partial charge in [-0.1, -0.05) is 25.4 Å². The molecule has 0 aliphatic carbocycles. The molecule has 0 aromatic carbocycles. The van der Waals surface area contributed by atoms with Crippen molar-refractivity contribution in [2.24, 2.45) is 12.5 Å². The average Bonchev–Trinajstić information content (AvgIpc) is 2.84. The molecule has 102 valence electrons. The number of aromatic nitrogens is 4. The number of hydrogen-bond acceptors (Lipinski definition) is 4. The molecule has 0 amide bonds. The molecule has 0 bridgehead atoms. The lowest BCUT2D eigenvalue weighted by Crippen LogP contribution is -2.24. The van der Waals surface area contributed by atoms with Crippen molar-refractivity contribution in [2.75, 3.05) is 13.1 Å². The fourth-order valence-electron chi connectivity index (χ4n) is 2.66. The van der Waals surface area contributed by atoms with E-state index < -0.39 is 0 Å². The van der Waals surface area contributed by atoms with Crippen LogP contribution in [0.1, 0.15) is 26.1 Å². The SMILES string of the molecule is Cn1ncc2c(Cl)nc(CN3CCC(C)(C)C3)nc21. The number of fused-ring (bicyclic) bond motifs is 1. The molecular weight excluding hydrogens is 262 g/mol. The van der Waals surface area contributed by atoms with Gasteiger partial charge >= 0.3 is 0 Å². The Balaban J connectivity index is 1.87. The minimum absolute atomic E-state index is 0.389. The van der Waals surface area contributed by atoms with Crippen molar-refractivity contribution >= 4 is 22.6 Å². The van der Waals surface area contributed by atoms with E-state index in [2.05, 4.69) is 33.8 Å². The van der Waals surface area contributed by atoms with Crippen molar-refractivity contribution in [3.63, 3.8) is 0 Å². The second-order valence-corrected chi connectivity index (χ2v) is 6.42. The maximum atomic E-state index is 6.19. The van der Waals surface area contributed by atoms with Crippen LogP contribution in [0.5, 0.6) is 0 Å². The monoisotopic (exact) mass is 279 g/mol. The summed E-state index contributed by atoms with van der Waals surface area (Å²) in [5.41, 5.74) is 1.19. The molecular formula is C13H18ClN5. The average molecular weight is 280 g/mol. The standard InChI is InChI=1S/C13H18ClN5/c1-13(2)4-5-19(8-13)7-10-16-11(14)9-6-15-18(3)12(9)17-10/h6H,4-5,7-8H2,1-3H3. The van der Waals surface area contributed by atoms with Gasteiger partial charge in [-0.25, -0.2) is 9.97 Å². The highest BCUT2D eigenvalue weighted by atomic mass is 35.5. The minimum atomic E-state index is 0.389. The van der Waals surface area contributed by atoms with Crippen LogP contribution in [0.4, 0.5) is 0 Å². The molecule has 0 unspecified atom stereocenters. The molecule has 19 heavy (non-hydrogen) atoms. The Hall–Kier alpha value is -1.20. The van der Waals surface area contributed by atoms with Crippen molar-refractivity contribution in [2.45, 2.75) is 26.8 Å². The van der Waals surface area contributed by atoms with E-state index in [1.165, 1.54) is 6.42 Å². The quantitative estimate of drug-likeness (QED) is 0.791. The lowest BCUT2D eigenvalue weighted by molar-refractivity contribution is 0.279. The van der Waals surface area contributed by atoms with E-state index in [0.717, 1.165) is 36.5 Å². The summed E-state index contributed by atoms with van der Waals surface area (Å²) in [6, 6.07) is 0. The topological polar surface area (TPSA) is 46.8 Å². The van der Waals surface area contributed by atoms with Crippen LogP contribution in [0.25, 0.3) is 11.0 Å². The molecule has 5 nitrogen and oxygen atoms in total. The van der Waals surface area contributed by atoms with Crippen molar-refractivity contribution in [3.05, 3.63) is 17.2 Å². The van der Waals surface area contributed by atoms with Crippen LogP contribution < -0.4 is 0 Å². The number of nitrogens with zero attached hydrogens (tertiary/aromatic N) is 5. The van der Waals surface area contributed by atoms with E-state index in [-0.39, 0.29) is 0 Å². The van der Waals surface area contributed by atoms with Gasteiger partial charge in [-0.05, 0) is 18.4 Å². The van der Waals surface area contributed by atoms with Gasteiger partial charge in [-0.3, -0.25) is 9.58 Å². The number of hydrogen-bond donors (Lipinski definition) is 0. The zero-order valence-electron chi connectivity index (χ0n) is 11.5. The molecule has 0 radical (unpaired) electrons. The van der Waals surface area contributed by atoms with Crippen molar-refractivity contribution in [1.82, 2.24) is 24.6 Å². The third-order valence-electron chi connectivity index (χ3n) is 3.71. The first-order valence-electron chi connectivity index (χ1n) is 6.51. The van der Waals surface area contributed by atoms with E-state index >= 15 is 0 Å². The zero-order valence-corrected chi connectivity index (χ0v) is 12.3. The largest absolute Gasteiger partial charge is 0.295 e. The van der Waals surface area contributed by atoms with Crippen LogP contribution in [0.3, 0.4) is 0 Å². The summed E-state index contributed by atoms with van der Waals surface area (Å²) in [7, 11) is 1.87. The summed E-state index contributed by atoms with van der Waals surface area (Å²) >= 11 is 6.19. The Morgan fingerprint density at radius 2 is 2.16 bits per heavy atom. The highest BCUT2D eigenvalue weighted by molar-refractivity contribution is 6.33. The van der Waals surface area contributed by atoms with Gasteiger partial charge in [0.15, 0.2) is 5.65 Å². The highest BCUT2D eigenvalue weighted by Gasteiger charge is 2.29. The van der Waals surface area contributed by atoms with E-state index in [9.17, 15) is 0 Å². The lowest BCUT2D eigenvalue weighted by Gasteiger charge is -2.18. The Morgan fingerprint density at radius 1 is 1.37 bits per heavy atom. The number of likely N-dealkylation sites (tertiary alicyclic amines) is 1. The van der Waals surface area contributed by atoms with Gasteiger partial charge in [-0.15, -0.1) is 0 Å². The fraction of sp³-hybridized carbons (Fsp3) is 0.615. The molecule has 1 fully saturated rings. The predicted octanol–water partition coefficient (Wildman–Crippen LogP) is 2.25. The van der Waals surface area contributed by atoms with Gasteiger partial charge < -0.3 is 0 Å². The molecule has 0 spiro atoms. The molecule has 1 saturated heterocycles. The van der Waals surface area contributed by atoms with Gasteiger partial charge in [0.1, 0.15) is 11.0 Å². The normalized spacial score (nSPS) is 19.4. The number of aryl methyl sites for hydroxylation is 1. The molecule has 3 rings (SSSR count). The van der Waals surface area contributed by atoms with Crippen LogP contribution in [0.2, 0.25) is 5.15 Å². The Labute approximate surface area is 117 Å². The van der Waals surface area contributed by atoms with Gasteiger partial charge in [0, 0.05) is 13.6 Å². The predicted molar refractivity (Wildman–Crippen MR) is 75.0 cm³/mol. The van der Waals surface area contributed by atoms with Crippen molar-refractivity contribution in [3.8, 4) is 0 Å². The maximum absolute atomic E-state index is 6.19. The Morgan fingerprint density at radius 3 is 2.84 bits per heavy atom. The van der Waals surface area contributed by atoms with Crippen molar-refractivity contribution < 1.29 is 0 Å². The number of rotatable bonds is 2. The second-order valence-electron chi connectivity index (χ2n) is 6.06. The Kier molecular flexibility index (Phi) is 2.98. The van der Waals surface area contributed by atoms with E-state index in [0.29, 0.717) is 10.6 Å². The molecule has 1 aliphatic rings. The molecule has 0 N–H and O–H groups in total. The zero-order chi connectivity index (χ0) is 13.6. The summed E-state index contributed by atoms with van der Waals surface area (Å²) in [5.74, 6) is 0.777.